The molecule has 0 aliphatic heterocycles. The molecule has 3 N–H and O–H groups in total. The maximum Gasteiger partial charge on any atom is 0.416 e. The van der Waals surface area contributed by atoms with Crippen molar-refractivity contribution in [3.8, 4) is 5.95 Å². The van der Waals surface area contributed by atoms with Crippen molar-refractivity contribution in [3.05, 3.63) is 59.2 Å². The number of nitrogens with zero attached hydrogens (tertiary/aromatic N) is 5. The number of nitrogen functional groups attached to an aromatic ring is 1. The predicted octanol–water partition coefficient (Wildman–Crippen LogP) is 3.17. The number of amides is 1. The number of hydrogen-bond donors (Lipinski definition) is 2. The minimum atomic E-state index is -5.08. The van der Waals surface area contributed by atoms with Crippen molar-refractivity contribution in [3.63, 3.8) is 0 Å². The molecule has 2 heterocycles. The average molecular weight is 445 g/mol. The van der Waals surface area contributed by atoms with Crippen LogP contribution in [0.15, 0.2) is 36.7 Å². The highest BCUT2D eigenvalue weighted by atomic mass is 19.4. The number of hydrogen-bond acceptors (Lipinski definition) is 6. The number of nitrogens with two attached hydrogens (primary N) is 1. The molecule has 0 aliphatic rings. The molecular weight excluding hydrogens is 432 g/mol. The van der Waals surface area contributed by atoms with Crippen LogP contribution in [0.1, 0.15) is 40.3 Å². The first-order valence-electron chi connectivity index (χ1n) is 8.46. The van der Waals surface area contributed by atoms with E-state index >= 15 is 0 Å². The molecule has 164 valence electrons. The lowest BCUT2D eigenvalue weighted by molar-refractivity contribution is -0.143. The molecule has 1 atom stereocenters. The smallest absolute Gasteiger partial charge is 0.366 e. The summed E-state index contributed by atoms with van der Waals surface area (Å²) in [6.07, 6.45) is -7.37. The van der Waals surface area contributed by atoms with Crippen LogP contribution in [0, 0.1) is 0 Å². The molecule has 1 aromatic carbocycles. The zero-order valence-electron chi connectivity index (χ0n) is 15.5. The number of alkyl halides is 6. The third kappa shape index (κ3) is 4.90. The lowest BCUT2D eigenvalue weighted by atomic mass is 10.0. The van der Waals surface area contributed by atoms with Gasteiger partial charge in [-0.25, -0.2) is 9.97 Å². The van der Waals surface area contributed by atoms with E-state index in [0.29, 0.717) is 12.1 Å². The summed E-state index contributed by atoms with van der Waals surface area (Å²) < 4.78 is 79.2. The number of benzene rings is 1. The molecule has 0 radical (unpaired) electrons. The topological polar surface area (TPSA) is 112 Å². The van der Waals surface area contributed by atoms with Crippen LogP contribution < -0.4 is 11.1 Å². The first-order valence-corrected chi connectivity index (χ1v) is 8.46. The summed E-state index contributed by atoms with van der Waals surface area (Å²) in [5.74, 6) is -1.34. The van der Waals surface area contributed by atoms with Crippen molar-refractivity contribution < 1.29 is 31.1 Å². The van der Waals surface area contributed by atoms with Crippen LogP contribution in [0.25, 0.3) is 5.95 Å². The normalized spacial score (nSPS) is 13.1. The van der Waals surface area contributed by atoms with Gasteiger partial charge in [-0.05, 0) is 31.2 Å². The Hall–Kier alpha value is -3.71. The third-order valence-corrected chi connectivity index (χ3v) is 3.97. The predicted molar refractivity (Wildman–Crippen MR) is 93.7 cm³/mol. The van der Waals surface area contributed by atoms with E-state index in [4.69, 9.17) is 5.73 Å². The van der Waals surface area contributed by atoms with Gasteiger partial charge in [-0.15, -0.1) is 5.10 Å². The maximum absolute atomic E-state index is 13.0. The zero-order chi connectivity index (χ0) is 23.0. The Labute approximate surface area is 170 Å². The zero-order valence-corrected chi connectivity index (χ0v) is 15.5. The molecule has 0 bridgehead atoms. The third-order valence-electron chi connectivity index (χ3n) is 3.97. The van der Waals surface area contributed by atoms with Gasteiger partial charge in [0.05, 0.1) is 17.2 Å². The van der Waals surface area contributed by atoms with Gasteiger partial charge >= 0.3 is 12.4 Å². The summed E-state index contributed by atoms with van der Waals surface area (Å²) in [4.78, 5) is 24.3. The monoisotopic (exact) mass is 445 g/mol. The highest BCUT2D eigenvalue weighted by Gasteiger charge is 2.37. The second kappa shape index (κ2) is 7.85. The summed E-state index contributed by atoms with van der Waals surface area (Å²) in [6.45, 7) is 1.39. The molecule has 1 unspecified atom stereocenters. The molecule has 0 saturated carbocycles. The molecule has 1 amide bonds. The summed E-state index contributed by atoms with van der Waals surface area (Å²) >= 11 is 0. The summed E-state index contributed by atoms with van der Waals surface area (Å²) in [5, 5.41) is 6.17. The van der Waals surface area contributed by atoms with E-state index in [1.54, 1.807) is 0 Å². The van der Waals surface area contributed by atoms with E-state index in [-0.39, 0.29) is 23.8 Å². The number of carbonyl (C=O) groups excluding carboxylic acids is 1. The van der Waals surface area contributed by atoms with Gasteiger partial charge in [0.15, 0.2) is 5.82 Å². The fourth-order valence-electron chi connectivity index (χ4n) is 2.60. The van der Waals surface area contributed by atoms with Crippen molar-refractivity contribution in [1.29, 1.82) is 0 Å². The number of halogens is 6. The van der Waals surface area contributed by atoms with Gasteiger partial charge in [-0.3, -0.25) is 4.79 Å². The summed E-state index contributed by atoms with van der Waals surface area (Å²) in [6, 6.07) is 1.10. The molecule has 31 heavy (non-hydrogen) atoms. The molecule has 2 aromatic heterocycles. The van der Waals surface area contributed by atoms with Gasteiger partial charge in [0.1, 0.15) is 0 Å². The molecule has 0 saturated heterocycles. The Morgan fingerprint density at radius 2 is 1.58 bits per heavy atom. The van der Waals surface area contributed by atoms with Gasteiger partial charge in [0, 0.05) is 18.0 Å². The molecule has 0 spiro atoms. The second-order valence-electron chi connectivity index (χ2n) is 6.28. The molecule has 3 aromatic rings. The quantitative estimate of drug-likeness (QED) is 0.597. The highest BCUT2D eigenvalue weighted by molar-refractivity contribution is 5.94. The summed E-state index contributed by atoms with van der Waals surface area (Å²) in [5.41, 5.74) is 1.53. The highest BCUT2D eigenvalue weighted by Crippen LogP contribution is 2.36. The van der Waals surface area contributed by atoms with Crippen molar-refractivity contribution in [2.45, 2.75) is 25.3 Å². The maximum atomic E-state index is 13.0. The fraction of sp³-hybridized carbons (Fsp3) is 0.235. The number of aromatic nitrogens is 5. The number of rotatable bonds is 4. The van der Waals surface area contributed by atoms with Gasteiger partial charge < -0.3 is 11.1 Å². The van der Waals surface area contributed by atoms with Crippen LogP contribution in [-0.4, -0.2) is 30.6 Å². The second-order valence-corrected chi connectivity index (χ2v) is 6.28. The first kappa shape index (κ1) is 22.0. The Morgan fingerprint density at radius 3 is 2.10 bits per heavy atom. The van der Waals surface area contributed by atoms with Crippen molar-refractivity contribution in [2.75, 3.05) is 5.73 Å². The van der Waals surface area contributed by atoms with Crippen LogP contribution in [0.5, 0.6) is 0 Å². The molecular formula is C17H13F6N7O. The molecule has 14 heteroatoms. The largest absolute Gasteiger partial charge is 0.416 e. The van der Waals surface area contributed by atoms with Crippen LogP contribution in [0.4, 0.5) is 32.3 Å². The van der Waals surface area contributed by atoms with E-state index in [1.165, 1.54) is 25.4 Å². The van der Waals surface area contributed by atoms with Gasteiger partial charge in [-0.2, -0.15) is 36.0 Å². The number of nitrogens with one attached hydrogen (secondary N) is 1. The molecule has 0 fully saturated rings. The Morgan fingerprint density at radius 1 is 1.03 bits per heavy atom. The Bertz CT molecular complexity index is 1060. The van der Waals surface area contributed by atoms with Gasteiger partial charge in [0.2, 0.25) is 5.95 Å². The lowest BCUT2D eigenvalue weighted by Gasteiger charge is -2.16. The van der Waals surface area contributed by atoms with Crippen LogP contribution in [0.3, 0.4) is 0 Å². The van der Waals surface area contributed by atoms with E-state index in [2.05, 4.69) is 25.4 Å². The van der Waals surface area contributed by atoms with E-state index in [1.807, 2.05) is 0 Å². The molecule has 3 rings (SSSR count). The van der Waals surface area contributed by atoms with Crippen LogP contribution in [-0.2, 0) is 12.4 Å². The first-order chi connectivity index (χ1) is 14.4. The molecule has 8 nitrogen and oxygen atoms in total. The fourth-order valence-corrected chi connectivity index (χ4v) is 2.60. The van der Waals surface area contributed by atoms with Gasteiger partial charge in [-0.1, -0.05) is 0 Å². The van der Waals surface area contributed by atoms with E-state index in [0.717, 1.165) is 4.68 Å². The van der Waals surface area contributed by atoms with Gasteiger partial charge in [0.25, 0.3) is 11.9 Å². The lowest BCUT2D eigenvalue weighted by Crippen LogP contribution is -2.29. The summed E-state index contributed by atoms with van der Waals surface area (Å²) in [7, 11) is 0. The number of anilines is 1. The van der Waals surface area contributed by atoms with Crippen molar-refractivity contribution >= 4 is 11.9 Å². The van der Waals surface area contributed by atoms with Crippen LogP contribution in [0.2, 0.25) is 0 Å². The standard InChI is InChI=1S/C17H13F6N7O/c1-8(12-28-14(24)29-30(12)15-25-3-2-4-26-15)27-13(31)9-5-10(16(18,19)20)7-11(6-9)17(21,22)23/h2-8H,1H3,(H2,24,29)(H,27,31). The van der Waals surface area contributed by atoms with E-state index in [9.17, 15) is 31.1 Å². The SMILES string of the molecule is CC(NC(=O)c1cc(C(F)(F)F)cc(C(F)(F)F)c1)c1nc(N)nn1-c1ncccn1. The number of carbonyl (C=O) groups is 1. The Kier molecular flexibility index (Phi) is 5.57. The van der Waals surface area contributed by atoms with Crippen molar-refractivity contribution in [2.24, 2.45) is 0 Å². The van der Waals surface area contributed by atoms with E-state index < -0.39 is 41.0 Å². The minimum absolute atomic E-state index is 0.0140. The Balaban J connectivity index is 1.94. The van der Waals surface area contributed by atoms with Crippen LogP contribution >= 0.6 is 0 Å². The molecule has 0 aliphatic carbocycles. The average Bonchev–Trinajstić information content (AvgIpc) is 3.09. The van der Waals surface area contributed by atoms with Crippen molar-refractivity contribution in [1.82, 2.24) is 30.0 Å². The minimum Gasteiger partial charge on any atom is -0.366 e.